The second kappa shape index (κ2) is 9.44. The van der Waals surface area contributed by atoms with Crippen LogP contribution >= 0.6 is 11.6 Å². The second-order valence-corrected chi connectivity index (χ2v) is 8.54. The molecule has 0 radical (unpaired) electrons. The van der Waals surface area contributed by atoms with Gasteiger partial charge in [0, 0.05) is 60.4 Å². The molecule has 2 aromatic carbocycles. The Balaban J connectivity index is 1.42. The van der Waals surface area contributed by atoms with Gasteiger partial charge in [-0.25, -0.2) is 14.4 Å². The highest BCUT2D eigenvalue weighted by atomic mass is 35.5. The summed E-state index contributed by atoms with van der Waals surface area (Å²) in [5.41, 5.74) is 3.82. The molecule has 1 aliphatic heterocycles. The van der Waals surface area contributed by atoms with Gasteiger partial charge in [0.2, 0.25) is 0 Å². The summed E-state index contributed by atoms with van der Waals surface area (Å²) in [5.74, 6) is 1.66. The first kappa shape index (κ1) is 22.4. The maximum atomic E-state index is 13.6. The van der Waals surface area contributed by atoms with Crippen LogP contribution in [0, 0.1) is 5.82 Å². The molecule has 0 aliphatic carbocycles. The highest BCUT2D eigenvalue weighted by Gasteiger charge is 2.20. The fourth-order valence-electron chi connectivity index (χ4n) is 4.28. The molecule has 5 rings (SSSR count). The van der Waals surface area contributed by atoms with E-state index in [1.807, 2.05) is 48.3 Å². The summed E-state index contributed by atoms with van der Waals surface area (Å²) in [5, 5.41) is 1.39. The van der Waals surface area contributed by atoms with Gasteiger partial charge in [-0.15, -0.1) is 0 Å². The SMILES string of the molecule is C/C=C(\OC)c1ncc(CN2CCOc3c(Cl)cc(-n4ccc5cc(F)ccc54)cc3C2)cn1. The van der Waals surface area contributed by atoms with Crippen LogP contribution in [0.4, 0.5) is 4.39 Å². The van der Waals surface area contributed by atoms with Crippen molar-refractivity contribution in [2.45, 2.75) is 20.0 Å². The van der Waals surface area contributed by atoms with E-state index in [4.69, 9.17) is 21.1 Å². The summed E-state index contributed by atoms with van der Waals surface area (Å²) in [6.07, 6.45) is 7.41. The molecule has 0 atom stereocenters. The van der Waals surface area contributed by atoms with Crippen LogP contribution in [0.3, 0.4) is 0 Å². The molecule has 8 heteroatoms. The van der Waals surface area contributed by atoms with Crippen molar-refractivity contribution in [1.29, 1.82) is 0 Å². The Morgan fingerprint density at radius 1 is 1.21 bits per heavy atom. The number of ether oxygens (including phenoxy) is 2. The number of fused-ring (bicyclic) bond motifs is 2. The molecule has 0 N–H and O–H groups in total. The molecule has 0 saturated carbocycles. The second-order valence-electron chi connectivity index (χ2n) is 8.14. The van der Waals surface area contributed by atoms with E-state index >= 15 is 0 Å². The fourth-order valence-corrected chi connectivity index (χ4v) is 4.57. The van der Waals surface area contributed by atoms with Crippen LogP contribution in [0.2, 0.25) is 5.02 Å². The van der Waals surface area contributed by atoms with Gasteiger partial charge in [-0.1, -0.05) is 11.6 Å². The monoisotopic (exact) mass is 478 g/mol. The summed E-state index contributed by atoms with van der Waals surface area (Å²) in [6, 6.07) is 10.6. The zero-order valence-corrected chi connectivity index (χ0v) is 19.7. The molecule has 0 bridgehead atoms. The van der Waals surface area contributed by atoms with E-state index in [9.17, 15) is 4.39 Å². The quantitative estimate of drug-likeness (QED) is 0.349. The van der Waals surface area contributed by atoms with Crippen LogP contribution in [0.15, 0.2) is 61.1 Å². The Bertz CT molecular complexity index is 1370. The molecule has 34 heavy (non-hydrogen) atoms. The summed E-state index contributed by atoms with van der Waals surface area (Å²) >= 11 is 6.64. The molecule has 0 unspecified atom stereocenters. The van der Waals surface area contributed by atoms with Gasteiger partial charge < -0.3 is 14.0 Å². The Hall–Kier alpha value is -3.42. The molecule has 0 saturated heterocycles. The molecule has 2 aromatic heterocycles. The van der Waals surface area contributed by atoms with Crippen molar-refractivity contribution in [1.82, 2.24) is 19.4 Å². The van der Waals surface area contributed by atoms with Gasteiger partial charge in [-0.05, 0) is 49.4 Å². The molecule has 6 nitrogen and oxygen atoms in total. The van der Waals surface area contributed by atoms with E-state index in [2.05, 4.69) is 20.9 Å². The van der Waals surface area contributed by atoms with Crippen LogP contribution in [-0.4, -0.2) is 39.7 Å². The Morgan fingerprint density at radius 3 is 2.79 bits per heavy atom. The molecule has 0 fully saturated rings. The number of rotatable bonds is 5. The van der Waals surface area contributed by atoms with Crippen LogP contribution in [0.25, 0.3) is 22.3 Å². The van der Waals surface area contributed by atoms with E-state index in [1.54, 1.807) is 13.2 Å². The predicted molar refractivity (Wildman–Crippen MR) is 131 cm³/mol. The van der Waals surface area contributed by atoms with Crippen molar-refractivity contribution in [2.75, 3.05) is 20.3 Å². The molecule has 3 heterocycles. The van der Waals surface area contributed by atoms with E-state index in [1.165, 1.54) is 12.1 Å². The van der Waals surface area contributed by atoms with Gasteiger partial charge >= 0.3 is 0 Å². The predicted octanol–water partition coefficient (Wildman–Crippen LogP) is 5.61. The molecule has 0 amide bonds. The normalized spacial score (nSPS) is 14.5. The Labute approximate surface area is 202 Å². The number of methoxy groups -OCH3 is 1. The Morgan fingerprint density at radius 2 is 2.03 bits per heavy atom. The van der Waals surface area contributed by atoms with Crippen molar-refractivity contribution >= 4 is 28.3 Å². The summed E-state index contributed by atoms with van der Waals surface area (Å²) in [6.45, 7) is 4.50. The summed E-state index contributed by atoms with van der Waals surface area (Å²) < 4.78 is 27.0. The molecule has 174 valence electrons. The zero-order valence-electron chi connectivity index (χ0n) is 19.0. The average molecular weight is 479 g/mol. The van der Waals surface area contributed by atoms with Gasteiger partial charge in [-0.2, -0.15) is 0 Å². The minimum Gasteiger partial charge on any atom is -0.493 e. The smallest absolute Gasteiger partial charge is 0.194 e. The molecule has 0 spiro atoms. The third-order valence-electron chi connectivity index (χ3n) is 5.90. The summed E-state index contributed by atoms with van der Waals surface area (Å²) in [7, 11) is 1.61. The third kappa shape index (κ3) is 4.36. The maximum absolute atomic E-state index is 13.6. The highest BCUT2D eigenvalue weighted by Crippen LogP contribution is 2.35. The van der Waals surface area contributed by atoms with Crippen LogP contribution in [0.5, 0.6) is 5.75 Å². The van der Waals surface area contributed by atoms with Crippen molar-refractivity contribution in [3.05, 3.63) is 88.9 Å². The van der Waals surface area contributed by atoms with Crippen molar-refractivity contribution in [3.63, 3.8) is 0 Å². The first-order chi connectivity index (χ1) is 16.6. The maximum Gasteiger partial charge on any atom is 0.194 e. The van der Waals surface area contributed by atoms with Gasteiger partial charge in [-0.3, -0.25) is 4.90 Å². The van der Waals surface area contributed by atoms with E-state index in [-0.39, 0.29) is 5.82 Å². The van der Waals surface area contributed by atoms with Crippen molar-refractivity contribution in [3.8, 4) is 11.4 Å². The lowest BCUT2D eigenvalue weighted by atomic mass is 10.1. The highest BCUT2D eigenvalue weighted by molar-refractivity contribution is 6.32. The van der Waals surface area contributed by atoms with E-state index in [0.717, 1.165) is 34.3 Å². The van der Waals surface area contributed by atoms with E-state index < -0.39 is 0 Å². The topological polar surface area (TPSA) is 52.4 Å². The number of hydrogen-bond acceptors (Lipinski definition) is 5. The Kier molecular flexibility index (Phi) is 6.22. The lowest BCUT2D eigenvalue weighted by Gasteiger charge is -2.19. The number of allylic oxidation sites excluding steroid dienone is 1. The standard InChI is InChI=1S/C26H24ClFN4O2/c1-3-24(33-2)26-29-13-17(14-30-26)15-31-8-9-34-25-19(16-31)11-21(12-22(25)27)32-7-6-18-10-20(28)4-5-23(18)32/h3-7,10-14H,8-9,15-16H2,1-2H3/b24-3-. The number of aromatic nitrogens is 3. The lowest BCUT2D eigenvalue weighted by molar-refractivity contribution is 0.219. The molecule has 4 aromatic rings. The molecule has 1 aliphatic rings. The largest absolute Gasteiger partial charge is 0.493 e. The molecular formula is C26H24ClFN4O2. The van der Waals surface area contributed by atoms with Crippen LogP contribution < -0.4 is 4.74 Å². The van der Waals surface area contributed by atoms with Gasteiger partial charge in [0.05, 0.1) is 17.6 Å². The summed E-state index contributed by atoms with van der Waals surface area (Å²) in [4.78, 5) is 11.2. The van der Waals surface area contributed by atoms with Gasteiger partial charge in [0.15, 0.2) is 11.6 Å². The number of hydrogen-bond donors (Lipinski definition) is 0. The number of halogens is 2. The van der Waals surface area contributed by atoms with Crippen LogP contribution in [-0.2, 0) is 17.8 Å². The first-order valence-electron chi connectivity index (χ1n) is 11.0. The lowest BCUT2D eigenvalue weighted by Crippen LogP contribution is -2.25. The minimum absolute atomic E-state index is 0.254. The van der Waals surface area contributed by atoms with Crippen LogP contribution in [0.1, 0.15) is 23.9 Å². The first-order valence-corrected chi connectivity index (χ1v) is 11.4. The van der Waals surface area contributed by atoms with Gasteiger partial charge in [0.25, 0.3) is 0 Å². The fraction of sp³-hybridized carbons (Fsp3) is 0.231. The average Bonchev–Trinajstić information content (AvgIpc) is 3.14. The minimum atomic E-state index is -0.254. The van der Waals surface area contributed by atoms with Gasteiger partial charge in [0.1, 0.15) is 18.2 Å². The molecular weight excluding hydrogens is 455 g/mol. The number of benzene rings is 2. The number of nitrogens with zero attached hydrogens (tertiary/aromatic N) is 4. The van der Waals surface area contributed by atoms with Crippen molar-refractivity contribution < 1.29 is 13.9 Å². The zero-order chi connectivity index (χ0) is 23.7. The third-order valence-corrected chi connectivity index (χ3v) is 6.18. The van der Waals surface area contributed by atoms with Crippen molar-refractivity contribution in [2.24, 2.45) is 0 Å². The van der Waals surface area contributed by atoms with E-state index in [0.29, 0.717) is 42.1 Å².